The number of phenolic OH excluding ortho intramolecular Hbond substituents is 1. The Morgan fingerprint density at radius 2 is 0.954 bits per heavy atom. The molecule has 2 atom stereocenters. The third-order valence-electron chi connectivity index (χ3n) is 9.26. The lowest BCUT2D eigenvalue weighted by Crippen LogP contribution is -2.24. The van der Waals surface area contributed by atoms with Crippen LogP contribution in [0.1, 0.15) is 70.4 Å². The van der Waals surface area contributed by atoms with E-state index in [9.17, 15) is 53.5 Å². The third-order valence-corrected chi connectivity index (χ3v) is 10.5. The summed E-state index contributed by atoms with van der Waals surface area (Å²) in [7, 11) is 0. The molecule has 23 heteroatoms. The van der Waals surface area contributed by atoms with Gasteiger partial charge >= 0.3 is 11.9 Å². The fourth-order valence-electron chi connectivity index (χ4n) is 5.87. The van der Waals surface area contributed by atoms with Crippen molar-refractivity contribution in [2.75, 3.05) is 39.6 Å². The second-order valence-electron chi connectivity index (χ2n) is 13.6. The minimum absolute atomic E-state index is 0.107. The fraction of sp³-hybridized carbons (Fsp3) is 0.381. The maximum absolute atomic E-state index is 13.8. The number of aromatic hydroxyl groups is 1. The van der Waals surface area contributed by atoms with Crippen LogP contribution in [0.5, 0.6) is 23.0 Å². The molecular formula is C42H38Br2F10O11. The number of esters is 1. The molecule has 0 aliphatic carbocycles. The van der Waals surface area contributed by atoms with Gasteiger partial charge in [0.25, 0.3) is 0 Å². The summed E-state index contributed by atoms with van der Waals surface area (Å²) in [6.45, 7) is 5.65. The summed E-state index contributed by atoms with van der Waals surface area (Å²) >= 11 is 6.65. The van der Waals surface area contributed by atoms with Crippen LogP contribution >= 0.6 is 31.9 Å². The van der Waals surface area contributed by atoms with Crippen LogP contribution in [0.3, 0.4) is 0 Å². The Morgan fingerprint density at radius 1 is 0.569 bits per heavy atom. The highest BCUT2D eigenvalue weighted by Crippen LogP contribution is 2.35. The Bertz CT molecular complexity index is 2190. The monoisotopic (exact) mass is 1070 g/mol. The zero-order valence-electron chi connectivity index (χ0n) is 34.1. The quantitative estimate of drug-likeness (QED) is 0.0330. The number of carbonyl (C=O) groups excluding carboxylic acids is 1. The molecule has 0 radical (unpaired) electrons. The highest BCUT2D eigenvalue weighted by Gasteiger charge is 2.30. The van der Waals surface area contributed by atoms with Crippen LogP contribution in [0.4, 0.5) is 43.9 Å². The average Bonchev–Trinajstić information content (AvgIpc) is 3.30. The van der Waals surface area contributed by atoms with Gasteiger partial charge < -0.3 is 43.4 Å². The number of carboxylic acid groups (broad SMARTS) is 1. The predicted octanol–water partition coefficient (Wildman–Crippen LogP) is 11.1. The van der Waals surface area contributed by atoms with Crippen LogP contribution in [0.25, 0.3) is 0 Å². The van der Waals surface area contributed by atoms with Gasteiger partial charge in [-0.15, -0.1) is 0 Å². The molecular weight excluding hydrogens is 1030 g/mol. The van der Waals surface area contributed by atoms with Crippen molar-refractivity contribution in [2.24, 2.45) is 0 Å². The van der Waals surface area contributed by atoms with Gasteiger partial charge in [-0.1, -0.05) is 0 Å². The Hall–Kier alpha value is -4.68. The number of ether oxygens (including phenoxy) is 7. The molecule has 0 amide bonds. The van der Waals surface area contributed by atoms with Crippen molar-refractivity contribution in [1.29, 1.82) is 0 Å². The number of halogens is 12. The molecule has 6 rings (SSSR count). The van der Waals surface area contributed by atoms with Gasteiger partial charge in [-0.3, -0.25) is 0 Å². The van der Waals surface area contributed by atoms with E-state index in [1.165, 1.54) is 19.1 Å². The first-order valence-electron chi connectivity index (χ1n) is 19.3. The molecule has 356 valence electrons. The van der Waals surface area contributed by atoms with Crippen molar-refractivity contribution in [3.63, 3.8) is 0 Å². The summed E-state index contributed by atoms with van der Waals surface area (Å²) in [5.41, 5.74) is 0.876. The second-order valence-corrected chi connectivity index (χ2v) is 15.3. The van der Waals surface area contributed by atoms with Crippen molar-refractivity contribution in [2.45, 2.75) is 65.0 Å². The standard InChI is InChI=1S/C21H18BrF5O5.C15H19BrO5.C6HF5O/c1-10-11(21(28)32-20-17(26)15(24)14(23)16(25)18(20)27)5-6-12(22)19(10)31-9-8-30-13-4-2-3-7-29-13;1-10-11(15(17)18)5-6-12(16)14(10)21-9-8-20-13-4-2-3-7-19-13;7-1-2(8)4(10)6(12)5(11)3(1)9/h5-6,13H,2-4,7-9H2,1H3;5-6,13H,2-4,7-9H2,1H3,(H,17,18);12H. The van der Waals surface area contributed by atoms with Gasteiger partial charge in [0.15, 0.2) is 18.3 Å². The van der Waals surface area contributed by atoms with E-state index in [1.807, 2.05) is 0 Å². The van der Waals surface area contributed by atoms with E-state index in [0.29, 0.717) is 35.6 Å². The fourth-order valence-corrected chi connectivity index (χ4v) is 6.96. The smallest absolute Gasteiger partial charge is 0.344 e. The molecule has 2 aliphatic rings. The van der Waals surface area contributed by atoms with Gasteiger partial charge in [-0.2, -0.15) is 17.6 Å². The van der Waals surface area contributed by atoms with Crippen molar-refractivity contribution in [1.82, 2.24) is 0 Å². The third kappa shape index (κ3) is 13.7. The SMILES string of the molecule is Cc1c(C(=O)O)ccc(Br)c1OCCOC1CCCCO1.Cc1c(C(=O)Oc2c(F)c(F)c(F)c(F)c2F)ccc(Br)c1OCCOC1CCCCO1.Oc1c(F)c(F)c(F)c(F)c1F. The number of aromatic carboxylic acids is 1. The minimum Gasteiger partial charge on any atom is -0.503 e. The van der Waals surface area contributed by atoms with Crippen LogP contribution in [-0.4, -0.2) is 74.4 Å². The van der Waals surface area contributed by atoms with E-state index < -0.39 is 81.6 Å². The lowest BCUT2D eigenvalue weighted by Gasteiger charge is -2.23. The zero-order valence-corrected chi connectivity index (χ0v) is 37.2. The van der Waals surface area contributed by atoms with Crippen molar-refractivity contribution >= 4 is 43.8 Å². The lowest BCUT2D eigenvalue weighted by molar-refractivity contribution is -0.165. The number of benzene rings is 4. The second kappa shape index (κ2) is 24.7. The Morgan fingerprint density at radius 3 is 1.35 bits per heavy atom. The Labute approximate surface area is 380 Å². The molecule has 0 saturated carbocycles. The summed E-state index contributed by atoms with van der Waals surface area (Å²) in [5, 5.41) is 17.4. The summed E-state index contributed by atoms with van der Waals surface area (Å²) in [6, 6.07) is 5.91. The largest absolute Gasteiger partial charge is 0.503 e. The molecule has 11 nitrogen and oxygen atoms in total. The number of carboxylic acids is 1. The first-order chi connectivity index (χ1) is 30.8. The van der Waals surface area contributed by atoms with E-state index >= 15 is 0 Å². The highest BCUT2D eigenvalue weighted by molar-refractivity contribution is 9.11. The summed E-state index contributed by atoms with van der Waals surface area (Å²) in [6.07, 6.45) is 5.44. The molecule has 65 heavy (non-hydrogen) atoms. The van der Waals surface area contributed by atoms with Gasteiger partial charge in [-0.05, 0) is 108 Å². The molecule has 2 saturated heterocycles. The number of carbonyl (C=O) groups is 2. The highest BCUT2D eigenvalue weighted by atomic mass is 79.9. The van der Waals surface area contributed by atoms with E-state index in [1.54, 1.807) is 19.1 Å². The van der Waals surface area contributed by atoms with E-state index in [0.717, 1.165) is 49.6 Å². The molecule has 2 aliphatic heterocycles. The van der Waals surface area contributed by atoms with Gasteiger partial charge in [-0.25, -0.2) is 35.9 Å². The lowest BCUT2D eigenvalue weighted by atomic mass is 10.1. The molecule has 2 N–H and O–H groups in total. The van der Waals surface area contributed by atoms with E-state index in [2.05, 4.69) is 36.6 Å². The van der Waals surface area contributed by atoms with Crippen molar-refractivity contribution in [3.05, 3.63) is 114 Å². The van der Waals surface area contributed by atoms with Gasteiger partial charge in [0.05, 0.1) is 33.3 Å². The van der Waals surface area contributed by atoms with E-state index in [-0.39, 0.29) is 48.2 Å². The molecule has 2 unspecified atom stereocenters. The van der Waals surface area contributed by atoms with Crippen LogP contribution in [0.2, 0.25) is 0 Å². The normalized spacial score (nSPS) is 15.8. The number of rotatable bonds is 13. The summed E-state index contributed by atoms with van der Waals surface area (Å²) in [4.78, 5) is 23.6. The molecule has 2 heterocycles. The molecule has 0 aromatic heterocycles. The first kappa shape index (κ1) is 52.9. The van der Waals surface area contributed by atoms with E-state index in [4.69, 9.17) is 38.6 Å². The Kier molecular flexibility index (Phi) is 20.1. The number of hydrogen-bond donors (Lipinski definition) is 2. The topological polar surface area (TPSA) is 139 Å². The van der Waals surface area contributed by atoms with Gasteiger partial charge in [0, 0.05) is 24.3 Å². The van der Waals surface area contributed by atoms with Gasteiger partial charge in [0.1, 0.15) is 24.7 Å². The zero-order chi connectivity index (χ0) is 48.1. The van der Waals surface area contributed by atoms with Crippen molar-refractivity contribution < 1.29 is 96.9 Å². The molecule has 0 spiro atoms. The molecule has 4 aromatic rings. The summed E-state index contributed by atoms with van der Waals surface area (Å²) in [5.74, 6) is -27.4. The molecule has 0 bridgehead atoms. The number of phenols is 1. The first-order valence-corrected chi connectivity index (χ1v) is 20.8. The molecule has 2 fully saturated rings. The van der Waals surface area contributed by atoms with Crippen LogP contribution in [0, 0.1) is 72.0 Å². The van der Waals surface area contributed by atoms with Crippen LogP contribution in [0.15, 0.2) is 33.2 Å². The molecule has 4 aromatic carbocycles. The summed E-state index contributed by atoms with van der Waals surface area (Å²) < 4.78 is 167. The van der Waals surface area contributed by atoms with Gasteiger partial charge in [0.2, 0.25) is 63.9 Å². The van der Waals surface area contributed by atoms with Crippen molar-refractivity contribution in [3.8, 4) is 23.0 Å². The number of hydrogen-bond acceptors (Lipinski definition) is 10. The Balaban J connectivity index is 0.000000239. The van der Waals surface area contributed by atoms with Crippen LogP contribution < -0.4 is 14.2 Å². The maximum atomic E-state index is 13.8. The predicted molar refractivity (Wildman–Crippen MR) is 214 cm³/mol. The maximum Gasteiger partial charge on any atom is 0.344 e. The van der Waals surface area contributed by atoms with Crippen LogP contribution in [-0.2, 0) is 18.9 Å². The average molecular weight is 1070 g/mol. The minimum atomic E-state index is -2.35.